The second-order valence-corrected chi connectivity index (χ2v) is 7.81. The molecule has 0 unspecified atom stereocenters. The normalized spacial score (nSPS) is 12.2. The van der Waals surface area contributed by atoms with E-state index in [-0.39, 0.29) is 22.6 Å². The van der Waals surface area contributed by atoms with Gasteiger partial charge in [-0.1, -0.05) is 36.4 Å². The van der Waals surface area contributed by atoms with Crippen molar-refractivity contribution in [3.05, 3.63) is 86.7 Å². The second kappa shape index (κ2) is 6.96. The summed E-state index contributed by atoms with van der Waals surface area (Å²) in [6, 6.07) is 14.1. The average Bonchev–Trinajstić information content (AvgIpc) is 3.32. The Balaban J connectivity index is 2.00. The van der Waals surface area contributed by atoms with Crippen LogP contribution >= 0.6 is 0 Å². The van der Waals surface area contributed by atoms with Crippen molar-refractivity contribution < 1.29 is 13.2 Å². The van der Waals surface area contributed by atoms with Crippen LogP contribution < -0.4 is 11.2 Å². The Hall–Kier alpha value is -4.08. The molecule has 5 aromatic rings. The number of rotatable bonds is 2. The summed E-state index contributed by atoms with van der Waals surface area (Å²) in [6.45, 7) is 1.77. The van der Waals surface area contributed by atoms with Crippen LogP contribution in [0.5, 0.6) is 0 Å². The third-order valence-electron chi connectivity index (χ3n) is 5.82. The quantitative estimate of drug-likeness (QED) is 0.410. The number of hydrogen-bond donors (Lipinski definition) is 0. The molecule has 33 heavy (non-hydrogen) atoms. The molecule has 0 amide bonds. The summed E-state index contributed by atoms with van der Waals surface area (Å²) in [4.78, 5) is 30.0. The highest BCUT2D eigenvalue weighted by atomic mass is 19.4. The highest BCUT2D eigenvalue weighted by Gasteiger charge is 2.31. The Morgan fingerprint density at radius 2 is 1.61 bits per heavy atom. The largest absolute Gasteiger partial charge is 0.416 e. The Kier molecular flexibility index (Phi) is 4.39. The molecule has 0 radical (unpaired) electrons. The van der Waals surface area contributed by atoms with Crippen LogP contribution in [-0.4, -0.2) is 23.1 Å². The molecule has 3 aromatic heterocycles. The van der Waals surface area contributed by atoms with E-state index >= 15 is 0 Å². The average molecular weight is 453 g/mol. The second-order valence-electron chi connectivity index (χ2n) is 7.81. The van der Waals surface area contributed by atoms with Crippen molar-refractivity contribution in [3.63, 3.8) is 0 Å². The van der Waals surface area contributed by atoms with Gasteiger partial charge in [-0.05, 0) is 25.1 Å². The van der Waals surface area contributed by atoms with Gasteiger partial charge in [0.1, 0.15) is 0 Å². The van der Waals surface area contributed by atoms with Gasteiger partial charge in [-0.2, -0.15) is 18.2 Å². The van der Waals surface area contributed by atoms with Gasteiger partial charge in [0.05, 0.1) is 11.3 Å². The zero-order valence-electron chi connectivity index (χ0n) is 17.9. The van der Waals surface area contributed by atoms with Gasteiger partial charge in [-0.3, -0.25) is 22.9 Å². The topological polar surface area (TPSA) is 66.2 Å². The molecule has 0 bridgehead atoms. The summed E-state index contributed by atoms with van der Waals surface area (Å²) < 4.78 is 45.8. The van der Waals surface area contributed by atoms with E-state index in [9.17, 15) is 22.8 Å². The number of fused-ring (bicyclic) bond motifs is 3. The molecule has 0 spiro atoms. The molecule has 3 heterocycles. The zero-order chi connectivity index (χ0) is 23.7. The van der Waals surface area contributed by atoms with Crippen molar-refractivity contribution in [2.45, 2.75) is 13.1 Å². The SMILES string of the molecule is Cc1c(-c2ccccc2)n(-c2cccc(C(F)(F)F)c2)c2nc3c(c(=O)n(C)c(=O)n3C)n12. The summed E-state index contributed by atoms with van der Waals surface area (Å²) in [5, 5.41) is 0. The number of halogens is 3. The van der Waals surface area contributed by atoms with E-state index in [1.807, 2.05) is 30.3 Å². The van der Waals surface area contributed by atoms with E-state index in [0.29, 0.717) is 11.4 Å². The molecule has 10 heteroatoms. The first kappa shape index (κ1) is 20.8. The summed E-state index contributed by atoms with van der Waals surface area (Å²) in [5.41, 5.74) is 0.623. The molecule has 2 aromatic carbocycles. The van der Waals surface area contributed by atoms with Crippen LogP contribution in [0.25, 0.3) is 33.9 Å². The number of hydrogen-bond acceptors (Lipinski definition) is 3. The molecule has 0 saturated carbocycles. The lowest BCUT2D eigenvalue weighted by molar-refractivity contribution is -0.137. The van der Waals surface area contributed by atoms with Crippen LogP contribution in [0.15, 0.2) is 64.2 Å². The fourth-order valence-electron chi connectivity index (χ4n) is 4.22. The van der Waals surface area contributed by atoms with Crippen LogP contribution in [0.4, 0.5) is 13.2 Å². The zero-order valence-corrected chi connectivity index (χ0v) is 17.9. The molecule has 0 N–H and O–H groups in total. The fourth-order valence-corrected chi connectivity index (χ4v) is 4.22. The lowest BCUT2D eigenvalue weighted by Gasteiger charge is -2.13. The summed E-state index contributed by atoms with van der Waals surface area (Å²) in [7, 11) is 2.87. The van der Waals surface area contributed by atoms with Crippen LogP contribution in [0.1, 0.15) is 11.3 Å². The van der Waals surface area contributed by atoms with Gasteiger partial charge in [0.15, 0.2) is 11.2 Å². The number of alkyl halides is 3. The smallest absolute Gasteiger partial charge is 0.279 e. The van der Waals surface area contributed by atoms with E-state index < -0.39 is 23.0 Å². The molecule has 0 aliphatic heterocycles. The fraction of sp³-hybridized carbons (Fsp3) is 0.174. The van der Waals surface area contributed by atoms with Crippen molar-refractivity contribution in [2.75, 3.05) is 0 Å². The monoisotopic (exact) mass is 453 g/mol. The third-order valence-corrected chi connectivity index (χ3v) is 5.82. The van der Waals surface area contributed by atoms with Crippen molar-refractivity contribution in [1.82, 2.24) is 23.1 Å². The number of aromatic nitrogens is 5. The van der Waals surface area contributed by atoms with Gasteiger partial charge >= 0.3 is 11.9 Å². The van der Waals surface area contributed by atoms with Gasteiger partial charge in [0.2, 0.25) is 5.78 Å². The molecule has 0 saturated heterocycles. The molecule has 0 aliphatic rings. The van der Waals surface area contributed by atoms with Crippen LogP contribution in [0.2, 0.25) is 0 Å². The van der Waals surface area contributed by atoms with Crippen LogP contribution in [0.3, 0.4) is 0 Å². The Morgan fingerprint density at radius 3 is 2.27 bits per heavy atom. The minimum absolute atomic E-state index is 0.154. The Bertz CT molecular complexity index is 1670. The lowest BCUT2D eigenvalue weighted by Crippen LogP contribution is -2.37. The van der Waals surface area contributed by atoms with E-state index in [4.69, 9.17) is 0 Å². The highest BCUT2D eigenvalue weighted by molar-refractivity contribution is 5.81. The predicted molar refractivity (Wildman–Crippen MR) is 118 cm³/mol. The minimum atomic E-state index is -4.53. The molecule has 7 nitrogen and oxygen atoms in total. The molecule has 168 valence electrons. The van der Waals surface area contributed by atoms with Crippen LogP contribution in [-0.2, 0) is 20.3 Å². The van der Waals surface area contributed by atoms with Crippen molar-refractivity contribution in [3.8, 4) is 16.9 Å². The standard InChI is InChI=1S/C23H18F3N5O2/c1-13-17(14-8-5-4-6-9-14)31(16-11-7-10-15(12-16)23(24,25)26)21-27-19-18(30(13)21)20(32)29(3)22(33)28(19)2/h4-12H,1-3H3. The first-order chi connectivity index (χ1) is 15.6. The molecule has 0 atom stereocenters. The molecule has 0 fully saturated rings. The summed E-state index contributed by atoms with van der Waals surface area (Å²) in [5.74, 6) is 0.235. The van der Waals surface area contributed by atoms with Crippen molar-refractivity contribution >= 4 is 16.9 Å². The first-order valence-electron chi connectivity index (χ1n) is 10.0. The minimum Gasteiger partial charge on any atom is -0.279 e. The van der Waals surface area contributed by atoms with Crippen molar-refractivity contribution in [1.29, 1.82) is 0 Å². The first-order valence-corrected chi connectivity index (χ1v) is 10.0. The maximum absolute atomic E-state index is 13.5. The molecular weight excluding hydrogens is 435 g/mol. The van der Waals surface area contributed by atoms with E-state index in [1.54, 1.807) is 22.0 Å². The van der Waals surface area contributed by atoms with E-state index in [0.717, 1.165) is 22.3 Å². The highest BCUT2D eigenvalue weighted by Crippen LogP contribution is 2.35. The Labute approximate surface area is 184 Å². The van der Waals surface area contributed by atoms with E-state index in [2.05, 4.69) is 4.98 Å². The maximum atomic E-state index is 13.5. The van der Waals surface area contributed by atoms with Gasteiger partial charge in [-0.15, -0.1) is 0 Å². The maximum Gasteiger partial charge on any atom is 0.416 e. The molecule has 0 aliphatic carbocycles. The summed E-state index contributed by atoms with van der Waals surface area (Å²) in [6.07, 6.45) is -4.53. The number of nitrogens with zero attached hydrogens (tertiary/aromatic N) is 5. The Morgan fingerprint density at radius 1 is 0.909 bits per heavy atom. The molecular formula is C23H18F3N5O2. The van der Waals surface area contributed by atoms with Gasteiger partial charge in [0, 0.05) is 31.0 Å². The number of aryl methyl sites for hydroxylation is 2. The number of imidazole rings is 2. The molecule has 5 rings (SSSR count). The summed E-state index contributed by atoms with van der Waals surface area (Å²) >= 11 is 0. The number of benzene rings is 2. The van der Waals surface area contributed by atoms with Crippen molar-refractivity contribution in [2.24, 2.45) is 14.1 Å². The van der Waals surface area contributed by atoms with E-state index in [1.165, 1.54) is 24.7 Å². The van der Waals surface area contributed by atoms with Gasteiger partial charge < -0.3 is 0 Å². The van der Waals surface area contributed by atoms with Gasteiger partial charge in [0.25, 0.3) is 5.56 Å². The predicted octanol–water partition coefficient (Wildman–Crippen LogP) is 3.67. The third kappa shape index (κ3) is 2.94. The van der Waals surface area contributed by atoms with Gasteiger partial charge in [-0.25, -0.2) is 4.79 Å². The van der Waals surface area contributed by atoms with Crippen LogP contribution in [0, 0.1) is 6.92 Å². The lowest BCUT2D eigenvalue weighted by atomic mass is 10.1.